The van der Waals surface area contributed by atoms with Crippen LogP contribution in [0.4, 0.5) is 0 Å². The molecule has 0 fully saturated rings. The van der Waals surface area contributed by atoms with Gasteiger partial charge in [0, 0.05) is 5.54 Å². The first-order chi connectivity index (χ1) is 4.48. The molecule has 0 heterocycles. The summed E-state index contributed by atoms with van der Waals surface area (Å²) in [5, 5.41) is 9.38. The van der Waals surface area contributed by atoms with Gasteiger partial charge in [-0.05, 0) is 32.3 Å². The van der Waals surface area contributed by atoms with Gasteiger partial charge in [0.05, 0.1) is 6.10 Å². The zero-order chi connectivity index (χ0) is 8.20. The topological polar surface area (TPSA) is 46.2 Å². The molecule has 0 aliphatic carbocycles. The Hall–Kier alpha value is 0.270. The first kappa shape index (κ1) is 10.3. The van der Waals surface area contributed by atoms with Crippen molar-refractivity contribution in [2.45, 2.75) is 31.9 Å². The van der Waals surface area contributed by atoms with Crippen molar-refractivity contribution in [2.75, 3.05) is 12.0 Å². The fraction of sp³-hybridized carbons (Fsp3) is 1.00. The summed E-state index contributed by atoms with van der Waals surface area (Å²) < 4.78 is 0. The molecule has 0 radical (unpaired) electrons. The van der Waals surface area contributed by atoms with Crippen LogP contribution in [0, 0.1) is 0 Å². The third-order valence-electron chi connectivity index (χ3n) is 1.45. The molecule has 0 aromatic heterocycles. The number of nitrogens with two attached hydrogens (primary N) is 1. The number of thioether (sulfide) groups is 1. The SMILES string of the molecule is CSCCC(O)C(C)(C)N. The van der Waals surface area contributed by atoms with E-state index in [-0.39, 0.29) is 6.10 Å². The van der Waals surface area contributed by atoms with Gasteiger partial charge in [0.25, 0.3) is 0 Å². The molecule has 1 atom stereocenters. The minimum atomic E-state index is -0.449. The van der Waals surface area contributed by atoms with Crippen molar-refractivity contribution in [1.82, 2.24) is 0 Å². The van der Waals surface area contributed by atoms with Crippen LogP contribution in [-0.2, 0) is 0 Å². The van der Waals surface area contributed by atoms with Gasteiger partial charge in [-0.3, -0.25) is 0 Å². The zero-order valence-corrected chi connectivity index (χ0v) is 7.74. The first-order valence-electron chi connectivity index (χ1n) is 3.44. The van der Waals surface area contributed by atoms with E-state index >= 15 is 0 Å². The highest BCUT2D eigenvalue weighted by Gasteiger charge is 2.21. The lowest BCUT2D eigenvalue weighted by molar-refractivity contribution is 0.101. The van der Waals surface area contributed by atoms with Crippen LogP contribution in [0.15, 0.2) is 0 Å². The summed E-state index contributed by atoms with van der Waals surface area (Å²) in [5.41, 5.74) is 5.21. The summed E-state index contributed by atoms with van der Waals surface area (Å²) in [7, 11) is 0. The van der Waals surface area contributed by atoms with Gasteiger partial charge in [0.2, 0.25) is 0 Å². The number of aliphatic hydroxyl groups excluding tert-OH is 1. The first-order valence-corrected chi connectivity index (χ1v) is 4.83. The van der Waals surface area contributed by atoms with E-state index in [1.165, 1.54) is 0 Å². The Morgan fingerprint density at radius 3 is 2.40 bits per heavy atom. The Morgan fingerprint density at radius 2 is 2.10 bits per heavy atom. The average molecular weight is 163 g/mol. The van der Waals surface area contributed by atoms with Crippen LogP contribution in [0.5, 0.6) is 0 Å². The van der Waals surface area contributed by atoms with E-state index in [0.29, 0.717) is 0 Å². The normalized spacial score (nSPS) is 15.3. The molecule has 3 N–H and O–H groups in total. The molecular weight excluding hydrogens is 146 g/mol. The van der Waals surface area contributed by atoms with Crippen LogP contribution < -0.4 is 5.73 Å². The molecule has 0 spiro atoms. The summed E-state index contributed by atoms with van der Waals surface area (Å²) in [4.78, 5) is 0. The molecule has 0 aliphatic rings. The van der Waals surface area contributed by atoms with Crippen molar-refractivity contribution >= 4 is 11.8 Å². The lowest BCUT2D eigenvalue weighted by atomic mass is 9.97. The second-order valence-corrected chi connectivity index (χ2v) is 4.10. The molecule has 0 amide bonds. The summed E-state index contributed by atoms with van der Waals surface area (Å²) >= 11 is 1.73. The Balaban J connectivity index is 3.52. The average Bonchev–Trinajstić information content (AvgIpc) is 1.80. The number of hydrogen-bond acceptors (Lipinski definition) is 3. The lowest BCUT2D eigenvalue weighted by Gasteiger charge is -2.25. The van der Waals surface area contributed by atoms with Crippen molar-refractivity contribution in [2.24, 2.45) is 5.73 Å². The predicted octanol–water partition coefficient (Wildman–Crippen LogP) is 0.838. The van der Waals surface area contributed by atoms with Crippen LogP contribution in [-0.4, -0.2) is 28.8 Å². The Morgan fingerprint density at radius 1 is 1.60 bits per heavy atom. The molecule has 0 aliphatic heterocycles. The largest absolute Gasteiger partial charge is 0.391 e. The minimum absolute atomic E-state index is 0.375. The molecule has 62 valence electrons. The highest BCUT2D eigenvalue weighted by molar-refractivity contribution is 7.98. The van der Waals surface area contributed by atoms with Crippen molar-refractivity contribution < 1.29 is 5.11 Å². The zero-order valence-electron chi connectivity index (χ0n) is 6.92. The Labute approximate surface area is 67.2 Å². The summed E-state index contributed by atoms with van der Waals surface area (Å²) in [6.45, 7) is 3.69. The maximum absolute atomic E-state index is 9.38. The fourth-order valence-electron chi connectivity index (χ4n) is 0.601. The second-order valence-electron chi connectivity index (χ2n) is 3.12. The molecule has 0 saturated carbocycles. The van der Waals surface area contributed by atoms with Crippen molar-refractivity contribution in [3.63, 3.8) is 0 Å². The van der Waals surface area contributed by atoms with E-state index in [1.807, 2.05) is 20.1 Å². The van der Waals surface area contributed by atoms with E-state index < -0.39 is 5.54 Å². The Kier molecular flexibility index (Phi) is 4.32. The molecular formula is C7H17NOS. The molecule has 0 bridgehead atoms. The van der Waals surface area contributed by atoms with Gasteiger partial charge in [-0.15, -0.1) is 0 Å². The van der Waals surface area contributed by atoms with Gasteiger partial charge < -0.3 is 10.8 Å². The molecule has 3 heteroatoms. The van der Waals surface area contributed by atoms with Crippen LogP contribution in [0.1, 0.15) is 20.3 Å². The summed E-state index contributed by atoms with van der Waals surface area (Å²) in [6.07, 6.45) is 2.43. The van der Waals surface area contributed by atoms with Gasteiger partial charge >= 0.3 is 0 Å². The number of hydrogen-bond donors (Lipinski definition) is 2. The smallest absolute Gasteiger partial charge is 0.0722 e. The van der Waals surface area contributed by atoms with E-state index in [0.717, 1.165) is 12.2 Å². The Bertz CT molecular complexity index is 90.1. The van der Waals surface area contributed by atoms with E-state index in [9.17, 15) is 5.11 Å². The highest BCUT2D eigenvalue weighted by atomic mass is 32.2. The number of aliphatic hydroxyl groups is 1. The van der Waals surface area contributed by atoms with Crippen LogP contribution in [0.2, 0.25) is 0 Å². The molecule has 10 heavy (non-hydrogen) atoms. The third-order valence-corrected chi connectivity index (χ3v) is 2.10. The summed E-state index contributed by atoms with van der Waals surface area (Å²) in [6, 6.07) is 0. The maximum Gasteiger partial charge on any atom is 0.0722 e. The fourth-order valence-corrected chi connectivity index (χ4v) is 1.06. The van der Waals surface area contributed by atoms with Gasteiger partial charge in [-0.25, -0.2) is 0 Å². The molecule has 0 rings (SSSR count). The van der Waals surface area contributed by atoms with Crippen molar-refractivity contribution in [3.8, 4) is 0 Å². The van der Waals surface area contributed by atoms with Crippen molar-refractivity contribution in [3.05, 3.63) is 0 Å². The molecule has 0 aromatic rings. The van der Waals surface area contributed by atoms with Gasteiger partial charge in [0.1, 0.15) is 0 Å². The minimum Gasteiger partial charge on any atom is -0.391 e. The van der Waals surface area contributed by atoms with E-state index in [4.69, 9.17) is 5.73 Å². The second kappa shape index (κ2) is 4.21. The molecule has 0 saturated heterocycles. The molecule has 1 unspecified atom stereocenters. The number of rotatable bonds is 4. The van der Waals surface area contributed by atoms with Crippen molar-refractivity contribution in [1.29, 1.82) is 0 Å². The quantitative estimate of drug-likeness (QED) is 0.645. The monoisotopic (exact) mass is 163 g/mol. The van der Waals surface area contributed by atoms with E-state index in [2.05, 4.69) is 0 Å². The third kappa shape index (κ3) is 4.14. The predicted molar refractivity (Wildman–Crippen MR) is 47.3 cm³/mol. The van der Waals surface area contributed by atoms with Crippen LogP contribution in [0.3, 0.4) is 0 Å². The highest BCUT2D eigenvalue weighted by Crippen LogP contribution is 2.10. The summed E-state index contributed by atoms with van der Waals surface area (Å²) in [5.74, 6) is 0.974. The van der Waals surface area contributed by atoms with Crippen LogP contribution in [0.25, 0.3) is 0 Å². The standard InChI is InChI=1S/C7H17NOS/c1-7(2,8)6(9)4-5-10-3/h6,9H,4-5,8H2,1-3H3. The van der Waals surface area contributed by atoms with Crippen LogP contribution >= 0.6 is 11.8 Å². The molecule has 0 aromatic carbocycles. The van der Waals surface area contributed by atoms with Gasteiger partial charge in [-0.1, -0.05) is 0 Å². The molecule has 2 nitrogen and oxygen atoms in total. The van der Waals surface area contributed by atoms with Gasteiger partial charge in [0.15, 0.2) is 0 Å². The van der Waals surface area contributed by atoms with E-state index in [1.54, 1.807) is 11.8 Å². The van der Waals surface area contributed by atoms with Gasteiger partial charge in [-0.2, -0.15) is 11.8 Å². The lowest BCUT2D eigenvalue weighted by Crippen LogP contribution is -2.45. The maximum atomic E-state index is 9.38.